The Morgan fingerprint density at radius 1 is 1.15 bits per heavy atom. The third kappa shape index (κ3) is 3.19. The van der Waals surface area contributed by atoms with Gasteiger partial charge in [-0.1, -0.05) is 24.3 Å². The topological polar surface area (TPSA) is 54.7 Å². The fourth-order valence-electron chi connectivity index (χ4n) is 2.71. The minimum atomic E-state index is 0.786. The Bertz CT molecular complexity index is 1150. The van der Waals surface area contributed by atoms with Gasteiger partial charge in [0, 0.05) is 34.1 Å². The van der Waals surface area contributed by atoms with Gasteiger partial charge in [0.05, 0.1) is 24.7 Å². The summed E-state index contributed by atoms with van der Waals surface area (Å²) >= 11 is 1.56. The second-order valence-electron chi connectivity index (χ2n) is 5.82. The third-order valence-electron chi connectivity index (χ3n) is 4.06. The number of methoxy groups -OCH3 is 1. The summed E-state index contributed by atoms with van der Waals surface area (Å²) < 4.78 is 7.12. The average Bonchev–Trinajstić information content (AvgIpc) is 3.24. The van der Waals surface area contributed by atoms with E-state index in [9.17, 15) is 0 Å². The molecular weight excluding hydrogens is 344 g/mol. The number of hydrogen-bond acceptors (Lipinski definition) is 4. The molecule has 0 aliphatic carbocycles. The van der Waals surface area contributed by atoms with Crippen LogP contribution in [0, 0.1) is 6.92 Å². The maximum atomic E-state index is 5.27. The first-order valence-electron chi connectivity index (χ1n) is 8.21. The molecule has 130 valence electrons. The fraction of sp³-hybridized carbons (Fsp3) is 0.100. The van der Waals surface area contributed by atoms with E-state index < -0.39 is 0 Å². The maximum absolute atomic E-state index is 5.27. The molecular formula is C20H18N4OS. The second-order valence-corrected chi connectivity index (χ2v) is 6.66. The lowest BCUT2D eigenvalue weighted by Gasteiger charge is -2.00. The van der Waals surface area contributed by atoms with Crippen molar-refractivity contribution in [2.45, 2.75) is 6.92 Å². The number of H-pyrrole nitrogens is 1. The quantitative estimate of drug-likeness (QED) is 0.535. The Labute approximate surface area is 154 Å². The van der Waals surface area contributed by atoms with E-state index in [1.165, 1.54) is 0 Å². The van der Waals surface area contributed by atoms with Gasteiger partial charge in [-0.05, 0) is 25.1 Å². The molecule has 4 aromatic rings. The predicted octanol–water partition coefficient (Wildman–Crippen LogP) is 4.46. The van der Waals surface area contributed by atoms with E-state index in [0.717, 1.165) is 38.4 Å². The molecule has 0 unspecified atom stereocenters. The first-order chi connectivity index (χ1) is 12.7. The van der Waals surface area contributed by atoms with Crippen LogP contribution in [-0.4, -0.2) is 23.0 Å². The molecule has 0 atom stereocenters. The van der Waals surface area contributed by atoms with Crippen molar-refractivity contribution in [1.29, 1.82) is 0 Å². The summed E-state index contributed by atoms with van der Waals surface area (Å²) in [6, 6.07) is 15.9. The van der Waals surface area contributed by atoms with Crippen LogP contribution in [0.2, 0.25) is 0 Å². The number of rotatable bonds is 4. The summed E-state index contributed by atoms with van der Waals surface area (Å²) in [5.41, 5.74) is 4.02. The van der Waals surface area contributed by atoms with E-state index in [2.05, 4.69) is 22.2 Å². The summed E-state index contributed by atoms with van der Waals surface area (Å²) in [6.07, 6.45) is 3.83. The number of hydrogen-bond donors (Lipinski definition) is 1. The van der Waals surface area contributed by atoms with Crippen molar-refractivity contribution < 1.29 is 4.74 Å². The van der Waals surface area contributed by atoms with Crippen molar-refractivity contribution in [2.75, 3.05) is 7.11 Å². The van der Waals surface area contributed by atoms with Crippen LogP contribution >= 0.6 is 11.3 Å². The van der Waals surface area contributed by atoms with E-state index in [1.54, 1.807) is 18.4 Å². The van der Waals surface area contributed by atoms with Crippen LogP contribution in [0.1, 0.15) is 11.3 Å². The van der Waals surface area contributed by atoms with Gasteiger partial charge in [0.2, 0.25) is 4.80 Å². The lowest BCUT2D eigenvalue weighted by molar-refractivity contribution is 0.415. The molecule has 0 spiro atoms. The standard InChI is InChI=1S/C20H18N4OS/c1-14-13-26-20(23-16-6-5-7-17(10-16)25-2)24(14)22-12-15-11-21-19-9-4-3-8-18(15)19/h3-13,21H,1-2H3. The number of fused-ring (bicyclic) bond motifs is 1. The van der Waals surface area contributed by atoms with Gasteiger partial charge in [-0.3, -0.25) is 0 Å². The number of aromatic amines is 1. The first kappa shape index (κ1) is 16.4. The van der Waals surface area contributed by atoms with E-state index in [0.29, 0.717) is 0 Å². The predicted molar refractivity (Wildman–Crippen MR) is 107 cm³/mol. The Morgan fingerprint density at radius 3 is 2.92 bits per heavy atom. The van der Waals surface area contributed by atoms with Crippen molar-refractivity contribution in [3.8, 4) is 5.75 Å². The van der Waals surface area contributed by atoms with E-state index in [4.69, 9.17) is 9.73 Å². The van der Waals surface area contributed by atoms with Crippen LogP contribution in [0.4, 0.5) is 5.69 Å². The minimum absolute atomic E-state index is 0.786. The molecule has 0 saturated heterocycles. The number of nitrogens with one attached hydrogen (secondary N) is 1. The summed E-state index contributed by atoms with van der Waals surface area (Å²) in [6.45, 7) is 2.02. The van der Waals surface area contributed by atoms with Crippen LogP contribution in [0.25, 0.3) is 10.9 Å². The highest BCUT2D eigenvalue weighted by Crippen LogP contribution is 2.19. The van der Waals surface area contributed by atoms with Crippen molar-refractivity contribution in [3.63, 3.8) is 0 Å². The summed E-state index contributed by atoms with van der Waals surface area (Å²) in [5, 5.41) is 7.85. The van der Waals surface area contributed by atoms with Gasteiger partial charge in [0.15, 0.2) is 0 Å². The Morgan fingerprint density at radius 2 is 2.04 bits per heavy atom. The number of ether oxygens (including phenoxy) is 1. The number of nitrogens with zero attached hydrogens (tertiary/aromatic N) is 3. The molecule has 26 heavy (non-hydrogen) atoms. The minimum Gasteiger partial charge on any atom is -0.497 e. The molecule has 6 heteroatoms. The van der Waals surface area contributed by atoms with Crippen molar-refractivity contribution in [1.82, 2.24) is 9.66 Å². The normalized spacial score (nSPS) is 12.3. The van der Waals surface area contributed by atoms with Gasteiger partial charge >= 0.3 is 0 Å². The van der Waals surface area contributed by atoms with Crippen LogP contribution in [0.3, 0.4) is 0 Å². The smallest absolute Gasteiger partial charge is 0.211 e. The molecule has 0 fully saturated rings. The number of para-hydroxylation sites is 1. The molecule has 2 aromatic carbocycles. The molecule has 0 aliphatic heterocycles. The SMILES string of the molecule is COc1cccc(N=c2scc(C)n2N=Cc2c[nH]c3ccccc23)c1. The van der Waals surface area contributed by atoms with E-state index in [1.807, 2.05) is 65.8 Å². The number of aromatic nitrogens is 2. The average molecular weight is 362 g/mol. The van der Waals surface area contributed by atoms with Gasteiger partial charge in [0.25, 0.3) is 0 Å². The highest BCUT2D eigenvalue weighted by molar-refractivity contribution is 7.07. The fourth-order valence-corrected chi connectivity index (χ4v) is 3.54. The Hall–Kier alpha value is -3.12. The van der Waals surface area contributed by atoms with Crippen LogP contribution < -0.4 is 9.54 Å². The van der Waals surface area contributed by atoms with Crippen molar-refractivity contribution >= 4 is 34.1 Å². The van der Waals surface area contributed by atoms with E-state index >= 15 is 0 Å². The number of aryl methyl sites for hydroxylation is 1. The molecule has 2 heterocycles. The lowest BCUT2D eigenvalue weighted by Crippen LogP contribution is -2.11. The molecule has 0 aliphatic rings. The summed E-state index contributed by atoms with van der Waals surface area (Å²) in [5.74, 6) is 0.786. The van der Waals surface area contributed by atoms with Crippen molar-refractivity contribution in [2.24, 2.45) is 10.1 Å². The van der Waals surface area contributed by atoms with Gasteiger partial charge in [0.1, 0.15) is 5.75 Å². The highest BCUT2D eigenvalue weighted by atomic mass is 32.1. The highest BCUT2D eigenvalue weighted by Gasteiger charge is 2.03. The van der Waals surface area contributed by atoms with E-state index in [-0.39, 0.29) is 0 Å². The van der Waals surface area contributed by atoms with Crippen LogP contribution in [0.15, 0.2) is 70.2 Å². The lowest BCUT2D eigenvalue weighted by atomic mass is 10.2. The van der Waals surface area contributed by atoms with Crippen LogP contribution in [0.5, 0.6) is 5.75 Å². The third-order valence-corrected chi connectivity index (χ3v) is 5.00. The molecule has 0 radical (unpaired) electrons. The Kier molecular flexibility index (Phi) is 4.41. The second kappa shape index (κ2) is 7.01. The summed E-state index contributed by atoms with van der Waals surface area (Å²) in [7, 11) is 1.65. The van der Waals surface area contributed by atoms with Gasteiger partial charge in [-0.15, -0.1) is 11.3 Å². The van der Waals surface area contributed by atoms with Gasteiger partial charge in [-0.2, -0.15) is 5.10 Å². The number of benzene rings is 2. The largest absolute Gasteiger partial charge is 0.497 e. The molecule has 1 N–H and O–H groups in total. The molecule has 0 saturated carbocycles. The van der Waals surface area contributed by atoms with Gasteiger partial charge < -0.3 is 9.72 Å². The summed E-state index contributed by atoms with van der Waals surface area (Å²) in [4.78, 5) is 8.79. The number of thiazole rings is 1. The van der Waals surface area contributed by atoms with Crippen LogP contribution in [-0.2, 0) is 0 Å². The van der Waals surface area contributed by atoms with Crippen molar-refractivity contribution in [3.05, 3.63) is 76.2 Å². The zero-order valence-electron chi connectivity index (χ0n) is 14.5. The molecule has 0 amide bonds. The Balaban J connectivity index is 1.73. The maximum Gasteiger partial charge on any atom is 0.211 e. The van der Waals surface area contributed by atoms with Gasteiger partial charge in [-0.25, -0.2) is 9.67 Å². The monoisotopic (exact) mass is 362 g/mol. The molecule has 0 bridgehead atoms. The first-order valence-corrected chi connectivity index (χ1v) is 9.09. The zero-order valence-corrected chi connectivity index (χ0v) is 15.3. The molecule has 2 aromatic heterocycles. The molecule has 5 nitrogen and oxygen atoms in total. The molecule has 4 rings (SSSR count). The zero-order chi connectivity index (χ0) is 17.9.